The van der Waals surface area contributed by atoms with Crippen molar-refractivity contribution in [3.05, 3.63) is 75.1 Å². The van der Waals surface area contributed by atoms with E-state index in [-0.39, 0.29) is 34.5 Å². The molecule has 0 aliphatic carbocycles. The maximum absolute atomic E-state index is 13.5. The number of phenols is 1. The largest absolute Gasteiger partial charge is 0.507 e. The Kier molecular flexibility index (Phi) is 5.97. The standard InChI is InChI=1S/C27H21ClO8/c1-32-20-8-14(9-21(33-2)26(20)34-3)16-10-22(30)36-19-11-18(29)24-25(31)17(12-35-27(24)23(16)19)13-4-6-15(28)7-5-13/h4-9,11-12,16,29H,10H2,1-3H3/t16-/m1/s1. The number of phenolic OH excluding ortho intramolecular Hbond substituents is 1. The molecule has 0 radical (unpaired) electrons. The smallest absolute Gasteiger partial charge is 0.312 e. The van der Waals surface area contributed by atoms with Crippen LogP contribution in [-0.2, 0) is 4.79 Å². The molecule has 0 fully saturated rings. The van der Waals surface area contributed by atoms with Gasteiger partial charge in [-0.2, -0.15) is 0 Å². The number of methoxy groups -OCH3 is 3. The maximum atomic E-state index is 13.5. The van der Waals surface area contributed by atoms with Gasteiger partial charge < -0.3 is 28.5 Å². The van der Waals surface area contributed by atoms with E-state index >= 15 is 0 Å². The summed E-state index contributed by atoms with van der Waals surface area (Å²) in [6, 6.07) is 11.4. The van der Waals surface area contributed by atoms with Crippen LogP contribution in [0.15, 0.2) is 57.9 Å². The summed E-state index contributed by atoms with van der Waals surface area (Å²) in [6.45, 7) is 0. The SMILES string of the molecule is COc1cc([C@H]2CC(=O)Oc3cc(O)c4c(=O)c(-c5ccc(Cl)cc5)coc4c32)cc(OC)c1OC. The average Bonchev–Trinajstić information content (AvgIpc) is 2.87. The number of benzene rings is 3. The summed E-state index contributed by atoms with van der Waals surface area (Å²) in [4.78, 5) is 26.0. The third-order valence-corrected chi connectivity index (χ3v) is 6.47. The molecule has 1 atom stereocenters. The van der Waals surface area contributed by atoms with E-state index in [4.69, 9.17) is 35.0 Å². The summed E-state index contributed by atoms with van der Waals surface area (Å²) >= 11 is 5.98. The molecule has 0 saturated carbocycles. The maximum Gasteiger partial charge on any atom is 0.312 e. The van der Waals surface area contributed by atoms with Crippen molar-refractivity contribution in [3.8, 4) is 39.9 Å². The van der Waals surface area contributed by atoms with E-state index in [1.165, 1.54) is 33.7 Å². The van der Waals surface area contributed by atoms with E-state index in [0.717, 1.165) is 0 Å². The highest BCUT2D eigenvalue weighted by Gasteiger charge is 2.34. The van der Waals surface area contributed by atoms with Gasteiger partial charge in [0.2, 0.25) is 11.2 Å². The third-order valence-electron chi connectivity index (χ3n) is 6.22. The number of halogens is 1. The summed E-state index contributed by atoms with van der Waals surface area (Å²) in [5.41, 5.74) is 1.64. The van der Waals surface area contributed by atoms with Crippen molar-refractivity contribution in [2.24, 2.45) is 0 Å². The molecule has 4 aromatic rings. The van der Waals surface area contributed by atoms with Gasteiger partial charge in [-0.1, -0.05) is 23.7 Å². The Hall–Kier alpha value is -4.17. The molecular weight excluding hydrogens is 488 g/mol. The van der Waals surface area contributed by atoms with Gasteiger partial charge in [-0.05, 0) is 35.4 Å². The molecule has 9 heteroatoms. The molecule has 0 amide bonds. The fourth-order valence-electron chi connectivity index (χ4n) is 4.55. The Bertz CT molecular complexity index is 1530. The number of ether oxygens (including phenoxy) is 4. The van der Waals surface area contributed by atoms with Gasteiger partial charge in [-0.3, -0.25) is 9.59 Å². The molecule has 0 saturated heterocycles. The minimum absolute atomic E-state index is 0.0170. The minimum atomic E-state index is -0.581. The van der Waals surface area contributed by atoms with E-state index in [1.807, 2.05) is 0 Å². The van der Waals surface area contributed by atoms with Crippen LogP contribution >= 0.6 is 11.6 Å². The average molecular weight is 509 g/mol. The quantitative estimate of drug-likeness (QED) is 0.286. The predicted octanol–water partition coefficient (Wildman–Crippen LogP) is 5.29. The summed E-state index contributed by atoms with van der Waals surface area (Å²) in [5.74, 6) is -0.118. The number of hydrogen-bond donors (Lipinski definition) is 1. The van der Waals surface area contributed by atoms with E-state index in [1.54, 1.807) is 36.4 Å². The molecular formula is C27H21ClO8. The molecule has 0 spiro atoms. The lowest BCUT2D eigenvalue weighted by atomic mass is 9.84. The van der Waals surface area contributed by atoms with Gasteiger partial charge in [0, 0.05) is 22.6 Å². The zero-order valence-corrected chi connectivity index (χ0v) is 20.3. The number of aromatic hydroxyl groups is 1. The van der Waals surface area contributed by atoms with Crippen molar-refractivity contribution >= 4 is 28.5 Å². The number of fused-ring (bicyclic) bond motifs is 3. The van der Waals surface area contributed by atoms with Gasteiger partial charge in [0.15, 0.2) is 11.5 Å². The lowest BCUT2D eigenvalue weighted by Crippen LogP contribution is -2.22. The first kappa shape index (κ1) is 23.6. The second-order valence-corrected chi connectivity index (χ2v) is 8.62. The highest BCUT2D eigenvalue weighted by molar-refractivity contribution is 6.30. The van der Waals surface area contributed by atoms with Crippen molar-refractivity contribution in [1.82, 2.24) is 0 Å². The van der Waals surface area contributed by atoms with Gasteiger partial charge in [0.25, 0.3) is 0 Å². The first-order valence-corrected chi connectivity index (χ1v) is 11.3. The predicted molar refractivity (Wildman–Crippen MR) is 133 cm³/mol. The highest BCUT2D eigenvalue weighted by atomic mass is 35.5. The number of hydrogen-bond acceptors (Lipinski definition) is 8. The van der Waals surface area contributed by atoms with E-state index < -0.39 is 17.3 Å². The van der Waals surface area contributed by atoms with Crippen LogP contribution in [0.4, 0.5) is 0 Å². The fourth-order valence-corrected chi connectivity index (χ4v) is 4.67. The van der Waals surface area contributed by atoms with Gasteiger partial charge in [-0.15, -0.1) is 0 Å². The van der Waals surface area contributed by atoms with Crippen LogP contribution in [0.25, 0.3) is 22.1 Å². The lowest BCUT2D eigenvalue weighted by Gasteiger charge is -2.27. The van der Waals surface area contributed by atoms with Crippen molar-refractivity contribution in [2.45, 2.75) is 12.3 Å². The van der Waals surface area contributed by atoms with Crippen LogP contribution < -0.4 is 24.4 Å². The van der Waals surface area contributed by atoms with Crippen LogP contribution in [0.2, 0.25) is 5.02 Å². The molecule has 0 bridgehead atoms. The Morgan fingerprint density at radius 2 is 1.64 bits per heavy atom. The summed E-state index contributed by atoms with van der Waals surface area (Å²) < 4.78 is 27.8. The van der Waals surface area contributed by atoms with Crippen LogP contribution in [-0.4, -0.2) is 32.4 Å². The van der Waals surface area contributed by atoms with E-state index in [9.17, 15) is 14.7 Å². The van der Waals surface area contributed by atoms with Gasteiger partial charge in [0.05, 0.1) is 33.3 Å². The van der Waals surface area contributed by atoms with Crippen LogP contribution in [0.3, 0.4) is 0 Å². The third kappa shape index (κ3) is 3.79. The molecule has 3 aromatic carbocycles. The van der Waals surface area contributed by atoms with Crippen molar-refractivity contribution in [1.29, 1.82) is 0 Å². The highest BCUT2D eigenvalue weighted by Crippen LogP contribution is 2.48. The van der Waals surface area contributed by atoms with Crippen LogP contribution in [0, 0.1) is 0 Å². The zero-order chi connectivity index (χ0) is 25.6. The summed E-state index contributed by atoms with van der Waals surface area (Å²) in [6.07, 6.45) is 1.30. The molecule has 1 N–H and O–H groups in total. The topological polar surface area (TPSA) is 104 Å². The van der Waals surface area contributed by atoms with Crippen molar-refractivity contribution in [2.75, 3.05) is 21.3 Å². The van der Waals surface area contributed by atoms with E-state index in [2.05, 4.69) is 0 Å². The molecule has 1 aliphatic heterocycles. The van der Waals surface area contributed by atoms with E-state index in [0.29, 0.717) is 39.0 Å². The van der Waals surface area contributed by atoms with Crippen molar-refractivity contribution < 1.29 is 33.3 Å². The Balaban J connectivity index is 1.76. The molecule has 5 rings (SSSR count). The molecule has 1 aliphatic rings. The second kappa shape index (κ2) is 9.13. The van der Waals surface area contributed by atoms with Gasteiger partial charge in [-0.25, -0.2) is 0 Å². The lowest BCUT2D eigenvalue weighted by molar-refractivity contribution is -0.135. The number of rotatable bonds is 5. The Labute approximate surface area is 210 Å². The van der Waals surface area contributed by atoms with Crippen LogP contribution in [0.5, 0.6) is 28.7 Å². The van der Waals surface area contributed by atoms with Gasteiger partial charge in [0.1, 0.15) is 28.7 Å². The van der Waals surface area contributed by atoms with Crippen molar-refractivity contribution in [3.63, 3.8) is 0 Å². The Morgan fingerprint density at radius 3 is 2.25 bits per heavy atom. The molecule has 36 heavy (non-hydrogen) atoms. The fraction of sp³-hybridized carbons (Fsp3) is 0.185. The number of carbonyl (C=O) groups excluding carboxylic acids is 1. The molecule has 184 valence electrons. The molecule has 8 nitrogen and oxygen atoms in total. The molecule has 1 aromatic heterocycles. The normalized spacial score (nSPS) is 14.8. The molecule has 2 heterocycles. The first-order valence-electron chi connectivity index (χ1n) is 10.9. The monoisotopic (exact) mass is 508 g/mol. The first-order chi connectivity index (χ1) is 17.4. The summed E-state index contributed by atoms with van der Waals surface area (Å²) in [5, 5.41) is 11.3. The summed E-state index contributed by atoms with van der Waals surface area (Å²) in [7, 11) is 4.49. The number of esters is 1. The van der Waals surface area contributed by atoms with Gasteiger partial charge >= 0.3 is 5.97 Å². The second-order valence-electron chi connectivity index (χ2n) is 8.19. The Morgan fingerprint density at radius 1 is 0.972 bits per heavy atom. The zero-order valence-electron chi connectivity index (χ0n) is 19.6. The number of carbonyl (C=O) groups is 1. The molecule has 0 unspecified atom stereocenters. The minimum Gasteiger partial charge on any atom is -0.507 e. The van der Waals surface area contributed by atoms with Crippen LogP contribution in [0.1, 0.15) is 23.5 Å².